The number of aliphatic hydroxyl groups is 1. The van der Waals surface area contributed by atoms with E-state index in [0.717, 1.165) is 31.6 Å². The van der Waals surface area contributed by atoms with Gasteiger partial charge >= 0.3 is 0 Å². The highest BCUT2D eigenvalue weighted by Crippen LogP contribution is 2.15. The van der Waals surface area contributed by atoms with E-state index in [1.165, 1.54) is 16.8 Å². The van der Waals surface area contributed by atoms with Gasteiger partial charge in [-0.15, -0.1) is 0 Å². The Morgan fingerprint density at radius 1 is 0.969 bits per heavy atom. The van der Waals surface area contributed by atoms with Crippen LogP contribution in [0.2, 0.25) is 0 Å². The van der Waals surface area contributed by atoms with Crippen LogP contribution in [0.1, 0.15) is 42.7 Å². The number of ether oxygens (including phenoxy) is 1. The number of nitrogens with zero attached hydrogens (tertiary/aromatic N) is 2. The highest BCUT2D eigenvalue weighted by atomic mass is 16.5. The fraction of sp³-hybridized carbons (Fsp3) is 0.429. The van der Waals surface area contributed by atoms with Gasteiger partial charge in [0.25, 0.3) is 0 Å². The zero-order valence-corrected chi connectivity index (χ0v) is 19.8. The van der Waals surface area contributed by atoms with E-state index in [9.17, 15) is 5.11 Å². The van der Waals surface area contributed by atoms with E-state index < -0.39 is 6.10 Å². The summed E-state index contributed by atoms with van der Waals surface area (Å²) in [6.07, 6.45) is 2.75. The van der Waals surface area contributed by atoms with Crippen molar-refractivity contribution in [1.29, 1.82) is 0 Å². The molecule has 0 saturated carbocycles. The van der Waals surface area contributed by atoms with Crippen LogP contribution in [0, 0.1) is 12.8 Å². The first-order valence-electron chi connectivity index (χ1n) is 11.7. The van der Waals surface area contributed by atoms with Crippen molar-refractivity contribution in [3.8, 4) is 0 Å². The van der Waals surface area contributed by atoms with Gasteiger partial charge in [0, 0.05) is 31.5 Å². The second kappa shape index (κ2) is 12.6. The predicted octanol–water partition coefficient (Wildman–Crippen LogP) is 5.27. The van der Waals surface area contributed by atoms with Crippen LogP contribution in [0.25, 0.3) is 0 Å². The monoisotopic (exact) mass is 434 g/mol. The second-order valence-electron chi connectivity index (χ2n) is 9.13. The molecule has 1 heterocycles. The minimum Gasteiger partial charge on any atom is -0.389 e. The van der Waals surface area contributed by atoms with E-state index in [1.807, 2.05) is 30.3 Å². The summed E-state index contributed by atoms with van der Waals surface area (Å²) in [5.41, 5.74) is 5.06. The highest BCUT2D eigenvalue weighted by molar-refractivity contribution is 5.26. The van der Waals surface area contributed by atoms with Gasteiger partial charge in [-0.05, 0) is 54.6 Å². The molecular weight excluding hydrogens is 396 g/mol. The Hall–Kier alpha value is -2.40. The third kappa shape index (κ3) is 7.94. The maximum Gasteiger partial charge on any atom is 0.0900 e. The molecular formula is C28H38N2O2. The van der Waals surface area contributed by atoms with Crippen molar-refractivity contribution in [1.82, 2.24) is 9.47 Å². The summed E-state index contributed by atoms with van der Waals surface area (Å²) in [4.78, 5) is 2.36. The van der Waals surface area contributed by atoms with E-state index in [4.69, 9.17) is 4.74 Å². The lowest BCUT2D eigenvalue weighted by atomic mass is 10.1. The van der Waals surface area contributed by atoms with Crippen molar-refractivity contribution in [2.24, 2.45) is 5.92 Å². The number of hydrogen-bond acceptors (Lipinski definition) is 3. The molecule has 2 aromatic carbocycles. The summed E-state index contributed by atoms with van der Waals surface area (Å²) in [6.45, 7) is 10.8. The molecule has 32 heavy (non-hydrogen) atoms. The largest absolute Gasteiger partial charge is 0.389 e. The van der Waals surface area contributed by atoms with Gasteiger partial charge in [0.2, 0.25) is 0 Å². The van der Waals surface area contributed by atoms with Gasteiger partial charge < -0.3 is 14.4 Å². The van der Waals surface area contributed by atoms with E-state index in [-0.39, 0.29) is 0 Å². The summed E-state index contributed by atoms with van der Waals surface area (Å²) < 4.78 is 8.10. The Bertz CT molecular complexity index is 920. The normalized spacial score (nSPS) is 12.6. The van der Waals surface area contributed by atoms with Gasteiger partial charge in [0.1, 0.15) is 0 Å². The van der Waals surface area contributed by atoms with Gasteiger partial charge in [-0.3, -0.25) is 4.90 Å². The average molecular weight is 435 g/mol. The van der Waals surface area contributed by atoms with Crippen LogP contribution in [-0.4, -0.2) is 40.4 Å². The lowest BCUT2D eigenvalue weighted by Gasteiger charge is -2.26. The van der Waals surface area contributed by atoms with Crippen molar-refractivity contribution in [2.75, 3.05) is 19.7 Å². The van der Waals surface area contributed by atoms with E-state index in [0.29, 0.717) is 25.7 Å². The molecule has 1 aromatic heterocycles. The zero-order valence-electron chi connectivity index (χ0n) is 19.8. The smallest absolute Gasteiger partial charge is 0.0900 e. The number of hydrogen-bond donors (Lipinski definition) is 1. The van der Waals surface area contributed by atoms with Crippen molar-refractivity contribution >= 4 is 0 Å². The van der Waals surface area contributed by atoms with Crippen LogP contribution < -0.4 is 0 Å². The van der Waals surface area contributed by atoms with Crippen molar-refractivity contribution < 1.29 is 9.84 Å². The molecule has 3 rings (SSSR count). The summed E-state index contributed by atoms with van der Waals surface area (Å²) in [5, 5.41) is 10.7. The minimum atomic E-state index is -0.509. The van der Waals surface area contributed by atoms with Gasteiger partial charge in [-0.1, -0.05) is 68.4 Å². The molecule has 1 unspecified atom stereocenters. The highest BCUT2D eigenvalue weighted by Gasteiger charge is 2.15. The minimum absolute atomic E-state index is 0.345. The predicted molar refractivity (Wildman–Crippen MR) is 132 cm³/mol. The number of benzene rings is 2. The molecule has 0 aliphatic heterocycles. The lowest BCUT2D eigenvalue weighted by Crippen LogP contribution is -2.36. The number of aliphatic hydroxyl groups excluding tert-OH is 1. The molecule has 0 fully saturated rings. The van der Waals surface area contributed by atoms with Gasteiger partial charge in [0.05, 0.1) is 19.3 Å². The van der Waals surface area contributed by atoms with Gasteiger partial charge in [-0.25, -0.2) is 0 Å². The Morgan fingerprint density at radius 2 is 1.72 bits per heavy atom. The molecule has 4 heteroatoms. The van der Waals surface area contributed by atoms with Crippen molar-refractivity contribution in [3.63, 3.8) is 0 Å². The fourth-order valence-corrected chi connectivity index (χ4v) is 3.86. The molecule has 0 bridgehead atoms. The van der Waals surface area contributed by atoms with Crippen LogP contribution in [-0.2, 0) is 24.4 Å². The quantitative estimate of drug-likeness (QED) is 0.398. The zero-order chi connectivity index (χ0) is 22.8. The molecule has 0 aliphatic carbocycles. The van der Waals surface area contributed by atoms with Crippen LogP contribution in [0.5, 0.6) is 0 Å². The Labute approximate surface area is 193 Å². The first kappa shape index (κ1) is 24.2. The molecule has 172 valence electrons. The molecule has 4 nitrogen and oxygen atoms in total. The summed E-state index contributed by atoms with van der Waals surface area (Å²) in [6, 6.07) is 23.0. The average Bonchev–Trinajstić information content (AvgIpc) is 3.21. The lowest BCUT2D eigenvalue weighted by molar-refractivity contribution is 0.00757. The standard InChI is InChI=1S/C28H38N2O2/c1-23(2)15-17-29(20-28(31)22-32-21-25-11-5-4-6-12-25)19-27-14-9-16-30(27)18-26-13-8-7-10-24(26)3/h4-14,16,23,28,31H,15,17-22H2,1-3H3. The van der Waals surface area contributed by atoms with Gasteiger partial charge in [-0.2, -0.15) is 0 Å². The molecule has 0 amide bonds. The SMILES string of the molecule is Cc1ccccc1Cn1cccc1CN(CCC(C)C)CC(O)COCc1ccccc1. The molecule has 0 aliphatic rings. The van der Waals surface area contributed by atoms with Gasteiger partial charge in [0.15, 0.2) is 0 Å². The number of aromatic nitrogens is 1. The van der Waals surface area contributed by atoms with E-state index in [1.54, 1.807) is 0 Å². The van der Waals surface area contributed by atoms with Crippen molar-refractivity contribution in [2.45, 2.75) is 53.0 Å². The summed E-state index contributed by atoms with van der Waals surface area (Å²) in [7, 11) is 0. The fourth-order valence-electron chi connectivity index (χ4n) is 3.86. The molecule has 0 radical (unpaired) electrons. The Morgan fingerprint density at radius 3 is 2.47 bits per heavy atom. The first-order chi connectivity index (χ1) is 15.5. The Kier molecular flexibility index (Phi) is 9.54. The molecule has 1 N–H and O–H groups in total. The van der Waals surface area contributed by atoms with Crippen LogP contribution in [0.3, 0.4) is 0 Å². The van der Waals surface area contributed by atoms with Crippen LogP contribution in [0.4, 0.5) is 0 Å². The Balaban J connectivity index is 1.58. The van der Waals surface area contributed by atoms with Crippen LogP contribution >= 0.6 is 0 Å². The molecule has 1 atom stereocenters. The molecule has 0 spiro atoms. The van der Waals surface area contributed by atoms with Crippen molar-refractivity contribution in [3.05, 3.63) is 95.3 Å². The number of rotatable bonds is 13. The van der Waals surface area contributed by atoms with Crippen LogP contribution in [0.15, 0.2) is 72.9 Å². The summed E-state index contributed by atoms with van der Waals surface area (Å²) >= 11 is 0. The maximum absolute atomic E-state index is 10.7. The van der Waals surface area contributed by atoms with E-state index >= 15 is 0 Å². The summed E-state index contributed by atoms with van der Waals surface area (Å²) in [5.74, 6) is 0.628. The molecule has 0 saturated heterocycles. The number of aryl methyl sites for hydroxylation is 1. The van der Waals surface area contributed by atoms with E-state index in [2.05, 4.69) is 72.8 Å². The third-order valence-electron chi connectivity index (χ3n) is 5.82. The molecule has 3 aromatic rings. The second-order valence-corrected chi connectivity index (χ2v) is 9.13. The maximum atomic E-state index is 10.7. The third-order valence-corrected chi connectivity index (χ3v) is 5.82. The topological polar surface area (TPSA) is 37.6 Å². The first-order valence-corrected chi connectivity index (χ1v) is 11.7.